The zero-order chi connectivity index (χ0) is 14.0. The van der Waals surface area contributed by atoms with Crippen molar-refractivity contribution < 1.29 is 4.39 Å². The van der Waals surface area contributed by atoms with Gasteiger partial charge in [0.25, 0.3) is 0 Å². The molecule has 1 N–H and O–H groups in total. The molecule has 0 aliphatic heterocycles. The molecule has 0 unspecified atom stereocenters. The summed E-state index contributed by atoms with van der Waals surface area (Å²) in [5.41, 5.74) is 1.76. The third-order valence-corrected chi connectivity index (χ3v) is 3.44. The van der Waals surface area contributed by atoms with Crippen LogP contribution in [0.3, 0.4) is 0 Å². The van der Waals surface area contributed by atoms with Gasteiger partial charge in [-0.25, -0.2) is 4.39 Å². The lowest BCUT2D eigenvalue weighted by Gasteiger charge is -2.12. The monoisotopic (exact) mass is 294 g/mol. The van der Waals surface area contributed by atoms with Crippen LogP contribution in [0.25, 0.3) is 0 Å². The molecule has 0 atom stereocenters. The lowest BCUT2D eigenvalue weighted by Crippen LogP contribution is -1.97. The van der Waals surface area contributed by atoms with Gasteiger partial charge in [0.1, 0.15) is 5.82 Å². The Bertz CT molecular complexity index is 678. The van der Waals surface area contributed by atoms with E-state index in [2.05, 4.69) is 5.32 Å². The molecule has 0 aliphatic rings. The van der Waals surface area contributed by atoms with Gasteiger partial charge in [-0.05, 0) is 36.8 Å². The summed E-state index contributed by atoms with van der Waals surface area (Å²) >= 11 is 12.2. The third-order valence-electron chi connectivity index (χ3n) is 2.64. The molecule has 5 heteroatoms. The van der Waals surface area contributed by atoms with E-state index >= 15 is 0 Å². The number of nitriles is 1. The molecule has 2 nitrogen and oxygen atoms in total. The molecule has 0 radical (unpaired) electrons. The minimum Gasteiger partial charge on any atom is -0.351 e. The first-order valence-electron chi connectivity index (χ1n) is 5.44. The van der Waals surface area contributed by atoms with Gasteiger partial charge < -0.3 is 5.32 Å². The van der Waals surface area contributed by atoms with Crippen LogP contribution < -0.4 is 5.32 Å². The summed E-state index contributed by atoms with van der Waals surface area (Å²) in [6.07, 6.45) is 0. The topological polar surface area (TPSA) is 35.8 Å². The Morgan fingerprint density at radius 1 is 1.21 bits per heavy atom. The fourth-order valence-electron chi connectivity index (χ4n) is 1.59. The number of benzene rings is 2. The SMILES string of the molecule is Cc1ccc(Cl)c(Nc2ccc(C#N)cc2F)c1Cl. The van der Waals surface area contributed by atoms with Crippen LogP contribution in [0.5, 0.6) is 0 Å². The Morgan fingerprint density at radius 3 is 2.58 bits per heavy atom. The molecule has 0 fully saturated rings. The Labute approximate surface area is 120 Å². The number of aryl methyl sites for hydroxylation is 1. The van der Waals surface area contributed by atoms with Crippen LogP contribution in [0.2, 0.25) is 10.0 Å². The summed E-state index contributed by atoms with van der Waals surface area (Å²) in [4.78, 5) is 0. The van der Waals surface area contributed by atoms with Crippen molar-refractivity contribution >= 4 is 34.6 Å². The Balaban J connectivity index is 2.42. The maximum atomic E-state index is 13.8. The summed E-state index contributed by atoms with van der Waals surface area (Å²) in [5, 5.41) is 12.4. The smallest absolute Gasteiger partial charge is 0.147 e. The van der Waals surface area contributed by atoms with Crippen LogP contribution >= 0.6 is 23.2 Å². The second kappa shape index (κ2) is 5.48. The fourth-order valence-corrected chi connectivity index (χ4v) is 2.06. The number of halogens is 3. The Hall–Kier alpha value is -1.76. The number of hydrogen-bond donors (Lipinski definition) is 1. The van der Waals surface area contributed by atoms with Gasteiger partial charge in [-0.2, -0.15) is 5.26 Å². The molecule has 96 valence electrons. The average Bonchev–Trinajstić information content (AvgIpc) is 2.40. The van der Waals surface area contributed by atoms with Crippen LogP contribution in [-0.2, 0) is 0 Å². The lowest BCUT2D eigenvalue weighted by molar-refractivity contribution is 0.631. The molecule has 0 amide bonds. The van der Waals surface area contributed by atoms with E-state index in [0.29, 0.717) is 15.7 Å². The highest BCUT2D eigenvalue weighted by atomic mass is 35.5. The minimum absolute atomic E-state index is 0.216. The van der Waals surface area contributed by atoms with E-state index in [9.17, 15) is 4.39 Å². The molecule has 0 aromatic heterocycles. The van der Waals surface area contributed by atoms with Gasteiger partial charge >= 0.3 is 0 Å². The highest BCUT2D eigenvalue weighted by Crippen LogP contribution is 2.35. The van der Waals surface area contributed by atoms with Crippen molar-refractivity contribution in [2.75, 3.05) is 5.32 Å². The molecule has 0 bridgehead atoms. The Morgan fingerprint density at radius 2 is 1.95 bits per heavy atom. The van der Waals surface area contributed by atoms with Gasteiger partial charge in [-0.3, -0.25) is 0 Å². The van der Waals surface area contributed by atoms with Gasteiger partial charge in [0.2, 0.25) is 0 Å². The number of anilines is 2. The van der Waals surface area contributed by atoms with E-state index in [0.717, 1.165) is 11.6 Å². The normalized spacial score (nSPS) is 10.1. The molecule has 0 saturated carbocycles. The first kappa shape index (κ1) is 13.7. The second-order valence-corrected chi connectivity index (χ2v) is 4.77. The maximum absolute atomic E-state index is 13.8. The van der Waals surface area contributed by atoms with E-state index in [1.807, 2.05) is 13.0 Å². The van der Waals surface area contributed by atoms with Crippen molar-refractivity contribution in [3.63, 3.8) is 0 Å². The highest BCUT2D eigenvalue weighted by Gasteiger charge is 2.11. The number of nitrogens with one attached hydrogen (secondary N) is 1. The fraction of sp³-hybridized carbons (Fsp3) is 0.0714. The van der Waals surface area contributed by atoms with Crippen molar-refractivity contribution in [1.29, 1.82) is 5.26 Å². The molecule has 2 aromatic carbocycles. The van der Waals surface area contributed by atoms with E-state index < -0.39 is 5.82 Å². The van der Waals surface area contributed by atoms with Crippen LogP contribution in [0.1, 0.15) is 11.1 Å². The van der Waals surface area contributed by atoms with E-state index in [4.69, 9.17) is 28.5 Å². The quantitative estimate of drug-likeness (QED) is 0.841. The van der Waals surface area contributed by atoms with Crippen LogP contribution in [-0.4, -0.2) is 0 Å². The van der Waals surface area contributed by atoms with Crippen LogP contribution in [0.4, 0.5) is 15.8 Å². The number of rotatable bonds is 2. The van der Waals surface area contributed by atoms with E-state index in [1.54, 1.807) is 12.1 Å². The molecule has 2 rings (SSSR count). The molecule has 0 aliphatic carbocycles. The van der Waals surface area contributed by atoms with Gasteiger partial charge in [0, 0.05) is 0 Å². The van der Waals surface area contributed by atoms with Crippen LogP contribution in [0, 0.1) is 24.1 Å². The van der Waals surface area contributed by atoms with Crippen molar-refractivity contribution in [1.82, 2.24) is 0 Å². The first-order chi connectivity index (χ1) is 9.02. The average molecular weight is 295 g/mol. The predicted octanol–water partition coefficient (Wildman–Crippen LogP) is 5.06. The zero-order valence-corrected chi connectivity index (χ0v) is 11.5. The lowest BCUT2D eigenvalue weighted by atomic mass is 10.2. The maximum Gasteiger partial charge on any atom is 0.147 e. The van der Waals surface area contributed by atoms with Gasteiger partial charge in [-0.15, -0.1) is 0 Å². The summed E-state index contributed by atoms with van der Waals surface area (Å²) in [5.74, 6) is -0.535. The zero-order valence-electron chi connectivity index (χ0n) is 9.97. The molecular weight excluding hydrogens is 286 g/mol. The standard InChI is InChI=1S/C14H9Cl2FN2/c1-8-2-4-10(15)14(13(8)16)19-12-5-3-9(7-18)6-11(12)17/h2-6,19H,1H3. The molecule has 0 saturated heterocycles. The second-order valence-electron chi connectivity index (χ2n) is 3.98. The van der Waals surface area contributed by atoms with Crippen LogP contribution in [0.15, 0.2) is 30.3 Å². The largest absolute Gasteiger partial charge is 0.351 e. The summed E-state index contributed by atoms with van der Waals surface area (Å²) in [6.45, 7) is 1.83. The van der Waals surface area contributed by atoms with Crippen molar-refractivity contribution in [2.24, 2.45) is 0 Å². The molecule has 2 aromatic rings. The van der Waals surface area contributed by atoms with Crippen molar-refractivity contribution in [3.8, 4) is 6.07 Å². The third kappa shape index (κ3) is 2.81. The van der Waals surface area contributed by atoms with E-state index in [-0.39, 0.29) is 11.3 Å². The molecule has 0 heterocycles. The first-order valence-corrected chi connectivity index (χ1v) is 6.20. The Kier molecular flexibility index (Phi) is 3.94. The molecule has 0 spiro atoms. The number of hydrogen-bond acceptors (Lipinski definition) is 2. The highest BCUT2D eigenvalue weighted by molar-refractivity contribution is 6.39. The van der Waals surface area contributed by atoms with E-state index in [1.165, 1.54) is 12.1 Å². The summed E-state index contributed by atoms with van der Waals surface area (Å²) in [6, 6.07) is 9.49. The van der Waals surface area contributed by atoms with Gasteiger partial charge in [0.15, 0.2) is 0 Å². The summed E-state index contributed by atoms with van der Waals surface area (Å²) < 4.78 is 13.8. The molecular formula is C14H9Cl2FN2. The predicted molar refractivity (Wildman–Crippen MR) is 75.6 cm³/mol. The van der Waals surface area contributed by atoms with Gasteiger partial charge in [-0.1, -0.05) is 29.3 Å². The minimum atomic E-state index is -0.535. The van der Waals surface area contributed by atoms with Gasteiger partial charge in [0.05, 0.1) is 33.1 Å². The van der Waals surface area contributed by atoms with Crippen molar-refractivity contribution in [2.45, 2.75) is 6.92 Å². The summed E-state index contributed by atoms with van der Waals surface area (Å²) in [7, 11) is 0. The number of nitrogens with zero attached hydrogens (tertiary/aromatic N) is 1. The molecule has 19 heavy (non-hydrogen) atoms. The van der Waals surface area contributed by atoms with Crippen molar-refractivity contribution in [3.05, 3.63) is 57.3 Å².